The van der Waals surface area contributed by atoms with Crippen molar-refractivity contribution < 1.29 is 14.7 Å². The SMILES string of the molecule is O=C(O)CCC1CCN(C(=O)C2CNC2)CC1. The van der Waals surface area contributed by atoms with E-state index in [0.29, 0.717) is 5.92 Å². The zero-order valence-electron chi connectivity index (χ0n) is 10.0. The Kier molecular flexibility index (Phi) is 3.99. The van der Waals surface area contributed by atoms with Gasteiger partial charge in [-0.2, -0.15) is 0 Å². The Labute approximate surface area is 101 Å². The molecule has 2 saturated heterocycles. The van der Waals surface area contributed by atoms with Crippen molar-refractivity contribution >= 4 is 11.9 Å². The number of carboxylic acid groups (broad SMARTS) is 1. The van der Waals surface area contributed by atoms with Crippen molar-refractivity contribution in [3.05, 3.63) is 0 Å². The quantitative estimate of drug-likeness (QED) is 0.742. The van der Waals surface area contributed by atoms with Crippen molar-refractivity contribution in [2.24, 2.45) is 11.8 Å². The minimum Gasteiger partial charge on any atom is -0.481 e. The first kappa shape index (κ1) is 12.4. The molecule has 0 aromatic carbocycles. The second kappa shape index (κ2) is 5.49. The summed E-state index contributed by atoms with van der Waals surface area (Å²) in [4.78, 5) is 24.4. The van der Waals surface area contributed by atoms with Crippen LogP contribution in [0.3, 0.4) is 0 Å². The number of hydrogen-bond acceptors (Lipinski definition) is 3. The summed E-state index contributed by atoms with van der Waals surface area (Å²) < 4.78 is 0. The molecule has 5 heteroatoms. The number of likely N-dealkylation sites (tertiary alicyclic amines) is 1. The van der Waals surface area contributed by atoms with Gasteiger partial charge in [0.1, 0.15) is 0 Å². The highest BCUT2D eigenvalue weighted by atomic mass is 16.4. The Balaban J connectivity index is 1.70. The van der Waals surface area contributed by atoms with E-state index in [1.807, 2.05) is 4.90 Å². The summed E-state index contributed by atoms with van der Waals surface area (Å²) in [5.74, 6) is 0.227. The van der Waals surface area contributed by atoms with Gasteiger partial charge in [0, 0.05) is 32.6 Å². The van der Waals surface area contributed by atoms with E-state index in [2.05, 4.69) is 5.32 Å². The molecule has 2 fully saturated rings. The van der Waals surface area contributed by atoms with Gasteiger partial charge in [-0.25, -0.2) is 0 Å². The highest BCUT2D eigenvalue weighted by Gasteiger charge is 2.31. The number of piperidine rings is 1. The van der Waals surface area contributed by atoms with Crippen LogP contribution in [0.1, 0.15) is 25.7 Å². The summed E-state index contributed by atoms with van der Waals surface area (Å²) in [6.45, 7) is 3.24. The summed E-state index contributed by atoms with van der Waals surface area (Å²) in [5.41, 5.74) is 0. The van der Waals surface area contributed by atoms with Crippen LogP contribution in [-0.2, 0) is 9.59 Å². The maximum absolute atomic E-state index is 11.9. The van der Waals surface area contributed by atoms with Crippen LogP contribution in [0.15, 0.2) is 0 Å². The summed E-state index contributed by atoms with van der Waals surface area (Å²) in [6.07, 6.45) is 2.92. The van der Waals surface area contributed by atoms with Gasteiger partial charge >= 0.3 is 5.97 Å². The van der Waals surface area contributed by atoms with Crippen molar-refractivity contribution in [3.8, 4) is 0 Å². The number of hydrogen-bond donors (Lipinski definition) is 2. The molecule has 0 aromatic heterocycles. The molecule has 2 aliphatic heterocycles. The van der Waals surface area contributed by atoms with Crippen LogP contribution < -0.4 is 5.32 Å². The third-order valence-electron chi connectivity index (χ3n) is 3.82. The Morgan fingerprint density at radius 3 is 2.35 bits per heavy atom. The molecule has 5 nitrogen and oxygen atoms in total. The van der Waals surface area contributed by atoms with E-state index < -0.39 is 5.97 Å². The van der Waals surface area contributed by atoms with E-state index in [9.17, 15) is 9.59 Å². The number of nitrogens with zero attached hydrogens (tertiary/aromatic N) is 1. The summed E-state index contributed by atoms with van der Waals surface area (Å²) >= 11 is 0. The molecule has 0 spiro atoms. The molecule has 2 rings (SSSR count). The predicted octanol–water partition coefficient (Wildman–Crippen LogP) is 0.309. The highest BCUT2D eigenvalue weighted by Crippen LogP contribution is 2.23. The van der Waals surface area contributed by atoms with Gasteiger partial charge in [-0.05, 0) is 25.2 Å². The molecule has 0 unspecified atom stereocenters. The molecular formula is C12H20N2O3. The third kappa shape index (κ3) is 3.19. The second-order valence-electron chi connectivity index (χ2n) is 5.06. The van der Waals surface area contributed by atoms with Gasteiger partial charge in [-0.15, -0.1) is 0 Å². The van der Waals surface area contributed by atoms with Crippen molar-refractivity contribution in [1.29, 1.82) is 0 Å². The van der Waals surface area contributed by atoms with Crippen LogP contribution >= 0.6 is 0 Å². The van der Waals surface area contributed by atoms with Crippen LogP contribution in [0.25, 0.3) is 0 Å². The number of aliphatic carboxylic acids is 1. The molecule has 2 aliphatic rings. The minimum absolute atomic E-state index is 0.186. The molecule has 0 radical (unpaired) electrons. The monoisotopic (exact) mass is 240 g/mol. The Bertz CT molecular complexity index is 294. The fraction of sp³-hybridized carbons (Fsp3) is 0.833. The highest BCUT2D eigenvalue weighted by molar-refractivity contribution is 5.80. The summed E-state index contributed by atoms with van der Waals surface area (Å²) in [5, 5.41) is 11.7. The van der Waals surface area contributed by atoms with Gasteiger partial charge in [-0.3, -0.25) is 9.59 Å². The number of carbonyl (C=O) groups is 2. The predicted molar refractivity (Wildman–Crippen MR) is 62.5 cm³/mol. The van der Waals surface area contributed by atoms with Crippen LogP contribution in [0.2, 0.25) is 0 Å². The van der Waals surface area contributed by atoms with Crippen LogP contribution in [0.5, 0.6) is 0 Å². The first-order valence-electron chi connectivity index (χ1n) is 6.38. The van der Waals surface area contributed by atoms with Crippen molar-refractivity contribution in [3.63, 3.8) is 0 Å². The normalized spacial score (nSPS) is 22.2. The van der Waals surface area contributed by atoms with E-state index in [1.165, 1.54) is 0 Å². The number of amides is 1. The zero-order chi connectivity index (χ0) is 12.3. The lowest BCUT2D eigenvalue weighted by molar-refractivity contribution is -0.140. The van der Waals surface area contributed by atoms with Crippen molar-refractivity contribution in [2.75, 3.05) is 26.2 Å². The molecule has 0 saturated carbocycles. The van der Waals surface area contributed by atoms with Gasteiger partial charge in [0.25, 0.3) is 0 Å². The largest absolute Gasteiger partial charge is 0.481 e. The first-order valence-corrected chi connectivity index (χ1v) is 6.38. The molecule has 96 valence electrons. The van der Waals surface area contributed by atoms with E-state index in [4.69, 9.17) is 5.11 Å². The van der Waals surface area contributed by atoms with Crippen molar-refractivity contribution in [2.45, 2.75) is 25.7 Å². The molecule has 0 bridgehead atoms. The zero-order valence-corrected chi connectivity index (χ0v) is 10.0. The van der Waals surface area contributed by atoms with Crippen LogP contribution in [0.4, 0.5) is 0 Å². The summed E-state index contributed by atoms with van der Waals surface area (Å²) in [6, 6.07) is 0. The van der Waals surface area contributed by atoms with Gasteiger partial charge in [0.2, 0.25) is 5.91 Å². The Hall–Kier alpha value is -1.10. The summed E-state index contributed by atoms with van der Waals surface area (Å²) in [7, 11) is 0. The number of nitrogens with one attached hydrogen (secondary N) is 1. The van der Waals surface area contributed by atoms with E-state index in [0.717, 1.165) is 45.4 Å². The molecule has 1 amide bonds. The average Bonchev–Trinajstić information content (AvgIpc) is 2.24. The number of carboxylic acids is 1. The average molecular weight is 240 g/mol. The van der Waals surface area contributed by atoms with E-state index in [1.54, 1.807) is 0 Å². The smallest absolute Gasteiger partial charge is 0.303 e. The molecule has 2 heterocycles. The van der Waals surface area contributed by atoms with E-state index in [-0.39, 0.29) is 18.2 Å². The Morgan fingerprint density at radius 2 is 1.88 bits per heavy atom. The molecule has 0 aliphatic carbocycles. The standard InChI is InChI=1S/C12H20N2O3/c15-11(16)2-1-9-3-5-14(6-4-9)12(17)10-7-13-8-10/h9-10,13H,1-8H2,(H,15,16). The fourth-order valence-corrected chi connectivity index (χ4v) is 2.49. The number of rotatable bonds is 4. The van der Waals surface area contributed by atoms with E-state index >= 15 is 0 Å². The lowest BCUT2D eigenvalue weighted by Crippen LogP contribution is -2.53. The molecule has 0 aromatic rings. The van der Waals surface area contributed by atoms with Crippen LogP contribution in [-0.4, -0.2) is 48.1 Å². The van der Waals surface area contributed by atoms with Crippen LogP contribution in [0, 0.1) is 11.8 Å². The van der Waals surface area contributed by atoms with Gasteiger partial charge in [0.05, 0.1) is 5.92 Å². The van der Waals surface area contributed by atoms with Gasteiger partial charge in [-0.1, -0.05) is 0 Å². The van der Waals surface area contributed by atoms with Gasteiger partial charge < -0.3 is 15.3 Å². The third-order valence-corrected chi connectivity index (χ3v) is 3.82. The first-order chi connectivity index (χ1) is 8.16. The Morgan fingerprint density at radius 1 is 1.24 bits per heavy atom. The van der Waals surface area contributed by atoms with Crippen molar-refractivity contribution in [1.82, 2.24) is 10.2 Å². The maximum atomic E-state index is 11.9. The fourth-order valence-electron chi connectivity index (χ4n) is 2.49. The van der Waals surface area contributed by atoms with Gasteiger partial charge in [0.15, 0.2) is 0 Å². The lowest BCUT2D eigenvalue weighted by Gasteiger charge is -2.36. The molecule has 2 N–H and O–H groups in total. The number of carbonyl (C=O) groups excluding carboxylic acids is 1. The lowest BCUT2D eigenvalue weighted by atomic mass is 9.91. The topological polar surface area (TPSA) is 69.6 Å². The molecular weight excluding hydrogens is 220 g/mol. The minimum atomic E-state index is -0.718. The molecule has 17 heavy (non-hydrogen) atoms. The molecule has 0 atom stereocenters. The second-order valence-corrected chi connectivity index (χ2v) is 5.06. The maximum Gasteiger partial charge on any atom is 0.303 e.